The molecular weight excluding hydrogens is 595 g/mol. The molecular formula is C43H25NS2. The van der Waals surface area contributed by atoms with Crippen LogP contribution in [-0.4, -0.2) is 4.98 Å². The van der Waals surface area contributed by atoms with Crippen LogP contribution in [0.1, 0.15) is 0 Å². The zero-order valence-corrected chi connectivity index (χ0v) is 26.3. The molecule has 3 aromatic heterocycles. The number of pyridine rings is 1. The minimum absolute atomic E-state index is 1.03. The Morgan fingerprint density at radius 3 is 1.85 bits per heavy atom. The number of hydrogen-bond donors (Lipinski definition) is 0. The number of fused-ring (bicyclic) bond motifs is 10. The lowest BCUT2D eigenvalue weighted by Gasteiger charge is -2.15. The van der Waals surface area contributed by atoms with E-state index >= 15 is 0 Å². The average Bonchev–Trinajstić information content (AvgIpc) is 3.70. The van der Waals surface area contributed by atoms with Crippen LogP contribution in [0.5, 0.6) is 0 Å². The lowest BCUT2D eigenvalue weighted by molar-refractivity contribution is 1.43. The maximum Gasteiger partial charge on any atom is 0.0794 e. The van der Waals surface area contributed by atoms with E-state index in [1.54, 1.807) is 0 Å². The maximum atomic E-state index is 5.51. The first-order valence-electron chi connectivity index (χ1n) is 15.5. The minimum Gasteiger partial charge on any atom is -0.246 e. The molecule has 0 N–H and O–H groups in total. The summed E-state index contributed by atoms with van der Waals surface area (Å²) in [5.74, 6) is 0. The Balaban J connectivity index is 1.27. The van der Waals surface area contributed by atoms with Gasteiger partial charge < -0.3 is 0 Å². The van der Waals surface area contributed by atoms with Gasteiger partial charge in [0, 0.05) is 67.6 Å². The molecule has 0 aliphatic rings. The Morgan fingerprint density at radius 2 is 1.00 bits per heavy atom. The molecule has 3 heteroatoms. The van der Waals surface area contributed by atoms with Crippen molar-refractivity contribution in [2.45, 2.75) is 0 Å². The van der Waals surface area contributed by atoms with Gasteiger partial charge in [-0.1, -0.05) is 127 Å². The number of benzene rings is 7. The first-order chi connectivity index (χ1) is 22.8. The van der Waals surface area contributed by atoms with Crippen molar-refractivity contribution in [2.24, 2.45) is 0 Å². The van der Waals surface area contributed by atoms with E-state index in [0.717, 1.165) is 22.3 Å². The Kier molecular flexibility index (Phi) is 5.68. The quantitative estimate of drug-likeness (QED) is 0.179. The van der Waals surface area contributed by atoms with Gasteiger partial charge >= 0.3 is 0 Å². The van der Waals surface area contributed by atoms with Crippen LogP contribution >= 0.6 is 22.7 Å². The number of hydrogen-bond acceptors (Lipinski definition) is 3. The molecule has 0 atom stereocenters. The topological polar surface area (TPSA) is 12.9 Å². The van der Waals surface area contributed by atoms with Gasteiger partial charge in [-0.3, -0.25) is 0 Å². The van der Waals surface area contributed by atoms with Gasteiger partial charge in [0.15, 0.2) is 0 Å². The van der Waals surface area contributed by atoms with Crippen molar-refractivity contribution in [3.8, 4) is 33.5 Å². The van der Waals surface area contributed by atoms with Gasteiger partial charge in [-0.25, -0.2) is 4.98 Å². The lowest BCUT2D eigenvalue weighted by Crippen LogP contribution is -1.93. The molecule has 3 heterocycles. The Morgan fingerprint density at radius 1 is 0.370 bits per heavy atom. The van der Waals surface area contributed by atoms with Crippen molar-refractivity contribution in [1.82, 2.24) is 4.98 Å². The molecule has 0 fully saturated rings. The SMILES string of the molecule is c1ccc(-c2nc3c(-c4cccc(-c5cccc6c5sc5ccccc56)c4)cccc3c3c2ccc2sc4ccccc4c23)cc1. The van der Waals surface area contributed by atoms with Crippen molar-refractivity contribution in [1.29, 1.82) is 0 Å². The van der Waals surface area contributed by atoms with E-state index in [0.29, 0.717) is 0 Å². The summed E-state index contributed by atoms with van der Waals surface area (Å²) in [6.45, 7) is 0. The second-order valence-electron chi connectivity index (χ2n) is 11.8. The molecule has 0 aliphatic heterocycles. The third kappa shape index (κ3) is 3.83. The monoisotopic (exact) mass is 619 g/mol. The van der Waals surface area contributed by atoms with E-state index in [1.807, 2.05) is 22.7 Å². The summed E-state index contributed by atoms with van der Waals surface area (Å²) in [6, 6.07) is 55.2. The molecule has 0 saturated heterocycles. The van der Waals surface area contributed by atoms with Crippen LogP contribution in [0, 0.1) is 0 Å². The highest BCUT2D eigenvalue weighted by Gasteiger charge is 2.19. The minimum atomic E-state index is 1.03. The van der Waals surface area contributed by atoms with Crippen molar-refractivity contribution in [2.75, 3.05) is 0 Å². The number of nitrogens with zero attached hydrogens (tertiary/aromatic N) is 1. The molecule has 214 valence electrons. The summed E-state index contributed by atoms with van der Waals surface area (Å²) in [4.78, 5) is 5.51. The van der Waals surface area contributed by atoms with Gasteiger partial charge in [0.05, 0.1) is 11.2 Å². The largest absolute Gasteiger partial charge is 0.246 e. The zero-order chi connectivity index (χ0) is 30.2. The third-order valence-electron chi connectivity index (χ3n) is 9.26. The van der Waals surface area contributed by atoms with Crippen molar-refractivity contribution in [3.05, 3.63) is 152 Å². The standard InChI is InChI=1S/C43H25NS2/c1-2-11-26(12-3-1)41-35-23-24-38-40(33-16-5-7-22-37(33)45-38)39(35)34-20-9-17-29(42(34)44-41)27-13-8-14-28(25-27)30-18-10-19-32-31-15-4-6-21-36(31)46-43(30)32/h1-25H. The van der Waals surface area contributed by atoms with Gasteiger partial charge in [-0.05, 0) is 41.0 Å². The van der Waals surface area contributed by atoms with Crippen molar-refractivity contribution < 1.29 is 0 Å². The molecule has 10 aromatic rings. The molecule has 0 aliphatic carbocycles. The molecule has 1 nitrogen and oxygen atoms in total. The highest BCUT2D eigenvalue weighted by Crippen LogP contribution is 2.45. The van der Waals surface area contributed by atoms with Gasteiger partial charge in [0.2, 0.25) is 0 Å². The molecule has 0 amide bonds. The molecule has 0 saturated carbocycles. The van der Waals surface area contributed by atoms with E-state index in [1.165, 1.54) is 73.2 Å². The van der Waals surface area contributed by atoms with E-state index in [4.69, 9.17) is 4.98 Å². The number of para-hydroxylation sites is 1. The summed E-state index contributed by atoms with van der Waals surface area (Å²) >= 11 is 3.75. The summed E-state index contributed by atoms with van der Waals surface area (Å²) in [7, 11) is 0. The summed E-state index contributed by atoms with van der Waals surface area (Å²) < 4.78 is 5.28. The molecule has 46 heavy (non-hydrogen) atoms. The second-order valence-corrected chi connectivity index (χ2v) is 14.0. The first kappa shape index (κ1) is 25.9. The Bertz CT molecular complexity index is 2800. The summed E-state index contributed by atoms with van der Waals surface area (Å²) in [5.41, 5.74) is 8.02. The Hall–Kier alpha value is -5.35. The van der Waals surface area contributed by atoms with Crippen LogP contribution < -0.4 is 0 Å². The van der Waals surface area contributed by atoms with Gasteiger partial charge in [0.1, 0.15) is 0 Å². The summed E-state index contributed by atoms with van der Waals surface area (Å²) in [5, 5.41) is 8.95. The van der Waals surface area contributed by atoms with Crippen LogP contribution in [0.25, 0.3) is 95.5 Å². The van der Waals surface area contributed by atoms with Gasteiger partial charge in [-0.15, -0.1) is 22.7 Å². The first-order valence-corrected chi connectivity index (χ1v) is 17.2. The second kappa shape index (κ2) is 10.1. The normalized spacial score (nSPS) is 11.9. The predicted octanol–water partition coefficient (Wildman–Crippen LogP) is 13.1. The third-order valence-corrected chi connectivity index (χ3v) is 11.6. The molecule has 0 unspecified atom stereocenters. The zero-order valence-electron chi connectivity index (χ0n) is 24.7. The lowest BCUT2D eigenvalue weighted by atomic mass is 9.92. The van der Waals surface area contributed by atoms with E-state index < -0.39 is 0 Å². The number of thiophene rings is 2. The smallest absolute Gasteiger partial charge is 0.0794 e. The highest BCUT2D eigenvalue weighted by atomic mass is 32.1. The van der Waals surface area contributed by atoms with Crippen LogP contribution in [0.2, 0.25) is 0 Å². The van der Waals surface area contributed by atoms with E-state index in [2.05, 4.69) is 152 Å². The molecule has 7 aromatic carbocycles. The Labute approximate surface area is 273 Å². The van der Waals surface area contributed by atoms with Crippen LogP contribution in [0.15, 0.2) is 152 Å². The number of rotatable bonds is 3. The molecule has 0 bridgehead atoms. The highest BCUT2D eigenvalue weighted by molar-refractivity contribution is 7.26. The molecule has 10 rings (SSSR count). The van der Waals surface area contributed by atoms with Crippen LogP contribution in [0.3, 0.4) is 0 Å². The molecule has 0 radical (unpaired) electrons. The van der Waals surface area contributed by atoms with E-state index in [9.17, 15) is 0 Å². The fraction of sp³-hybridized carbons (Fsp3) is 0. The van der Waals surface area contributed by atoms with E-state index in [-0.39, 0.29) is 0 Å². The average molecular weight is 620 g/mol. The van der Waals surface area contributed by atoms with Crippen LogP contribution in [-0.2, 0) is 0 Å². The van der Waals surface area contributed by atoms with Gasteiger partial charge in [-0.2, -0.15) is 0 Å². The molecule has 0 spiro atoms. The fourth-order valence-electron chi connectivity index (χ4n) is 7.21. The number of aromatic nitrogens is 1. The van der Waals surface area contributed by atoms with Crippen LogP contribution in [0.4, 0.5) is 0 Å². The predicted molar refractivity (Wildman–Crippen MR) is 201 cm³/mol. The van der Waals surface area contributed by atoms with Gasteiger partial charge in [0.25, 0.3) is 0 Å². The van der Waals surface area contributed by atoms with Crippen molar-refractivity contribution >= 4 is 84.7 Å². The van der Waals surface area contributed by atoms with Crippen molar-refractivity contribution in [3.63, 3.8) is 0 Å². The maximum absolute atomic E-state index is 5.51. The fourth-order valence-corrected chi connectivity index (χ4v) is 9.56. The summed E-state index contributed by atoms with van der Waals surface area (Å²) in [6.07, 6.45) is 0.